The summed E-state index contributed by atoms with van der Waals surface area (Å²) >= 11 is 1.15. The van der Waals surface area contributed by atoms with Gasteiger partial charge in [-0.25, -0.2) is 28.6 Å². The minimum absolute atomic E-state index is 0.0332. The van der Waals surface area contributed by atoms with Crippen molar-refractivity contribution in [2.45, 2.75) is 122 Å². The first kappa shape index (κ1) is 52.9. The number of carbonyl (C=O) groups is 3. The molecule has 1 fully saturated rings. The fourth-order valence-electron chi connectivity index (χ4n) is 5.95. The van der Waals surface area contributed by atoms with E-state index in [1.807, 2.05) is 0 Å². The molecular formula is C33H58N7O17P3S. The first-order valence-corrected chi connectivity index (χ1v) is 25.1. The maximum atomic E-state index is 12.7. The third-order valence-electron chi connectivity index (χ3n) is 9.25. The molecule has 3 rings (SSSR count). The van der Waals surface area contributed by atoms with Crippen molar-refractivity contribution >= 4 is 69.1 Å². The molecule has 2 unspecified atom stereocenters. The van der Waals surface area contributed by atoms with Crippen molar-refractivity contribution < 1.29 is 80.5 Å². The Balaban J connectivity index is 1.38. The van der Waals surface area contributed by atoms with Crippen LogP contribution < -0.4 is 16.4 Å². The molecule has 0 aromatic carbocycles. The molecule has 348 valence electrons. The average molecular weight is 950 g/mol. The van der Waals surface area contributed by atoms with Crippen LogP contribution in [0, 0.1) is 5.41 Å². The van der Waals surface area contributed by atoms with Crippen molar-refractivity contribution in [3.8, 4) is 0 Å². The number of phosphoric acid groups is 3. The molecule has 0 aliphatic carbocycles. The second-order valence-electron chi connectivity index (χ2n) is 14.9. The number of phosphoric ester groups is 3. The number of imidazole rings is 1. The van der Waals surface area contributed by atoms with Crippen molar-refractivity contribution in [1.82, 2.24) is 30.2 Å². The van der Waals surface area contributed by atoms with Crippen LogP contribution in [0.3, 0.4) is 0 Å². The molecule has 0 saturated carbocycles. The smallest absolute Gasteiger partial charge is 0.386 e. The first-order valence-electron chi connectivity index (χ1n) is 19.6. The number of aromatic nitrogens is 4. The lowest BCUT2D eigenvalue weighted by molar-refractivity contribution is -0.137. The summed E-state index contributed by atoms with van der Waals surface area (Å²) in [6, 6.07) is 0. The van der Waals surface area contributed by atoms with Gasteiger partial charge in [0.15, 0.2) is 22.8 Å². The number of nitrogen functional groups attached to an aromatic ring is 1. The highest BCUT2D eigenvalue weighted by Gasteiger charge is 2.50. The van der Waals surface area contributed by atoms with Gasteiger partial charge in [-0.15, -0.1) is 0 Å². The number of rotatable bonds is 29. The predicted molar refractivity (Wildman–Crippen MR) is 219 cm³/mol. The molecule has 0 bridgehead atoms. The molecule has 61 heavy (non-hydrogen) atoms. The second kappa shape index (κ2) is 24.6. The number of nitrogens with one attached hydrogen (secondary N) is 2. The van der Waals surface area contributed by atoms with Gasteiger partial charge in [-0.3, -0.25) is 32.5 Å². The third kappa shape index (κ3) is 18.3. The zero-order valence-corrected chi connectivity index (χ0v) is 37.6. The summed E-state index contributed by atoms with van der Waals surface area (Å²) in [5.41, 5.74) is 4.28. The van der Waals surface area contributed by atoms with Gasteiger partial charge in [-0.05, 0) is 6.42 Å². The number of thioether (sulfide) groups is 1. The van der Waals surface area contributed by atoms with E-state index in [0.717, 1.165) is 48.2 Å². The molecule has 28 heteroatoms. The number of anilines is 1. The zero-order chi connectivity index (χ0) is 45.4. The number of nitrogens with two attached hydrogens (primary N) is 1. The van der Waals surface area contributed by atoms with E-state index < -0.39 is 84.6 Å². The van der Waals surface area contributed by atoms with E-state index in [1.165, 1.54) is 52.4 Å². The van der Waals surface area contributed by atoms with Gasteiger partial charge in [-0.1, -0.05) is 83.9 Å². The summed E-state index contributed by atoms with van der Waals surface area (Å²) in [6.07, 6.45) is 4.02. The Morgan fingerprint density at radius 2 is 1.57 bits per heavy atom. The predicted octanol–water partition coefficient (Wildman–Crippen LogP) is 2.59. The highest BCUT2D eigenvalue weighted by atomic mass is 32.2. The van der Waals surface area contributed by atoms with Gasteiger partial charge < -0.3 is 50.9 Å². The summed E-state index contributed by atoms with van der Waals surface area (Å²) in [7, 11) is -16.4. The lowest BCUT2D eigenvalue weighted by Gasteiger charge is -2.30. The molecule has 0 radical (unpaired) electrons. The lowest BCUT2D eigenvalue weighted by Crippen LogP contribution is -2.46. The molecular weight excluding hydrogens is 891 g/mol. The number of ether oxygens (including phenoxy) is 1. The van der Waals surface area contributed by atoms with Crippen LogP contribution in [0.1, 0.15) is 97.6 Å². The Morgan fingerprint density at radius 3 is 2.23 bits per heavy atom. The lowest BCUT2D eigenvalue weighted by atomic mass is 9.87. The molecule has 0 spiro atoms. The minimum atomic E-state index is -5.57. The fraction of sp³-hybridized carbons (Fsp3) is 0.758. The monoisotopic (exact) mass is 949 g/mol. The van der Waals surface area contributed by atoms with Crippen LogP contribution in [0.4, 0.5) is 5.82 Å². The van der Waals surface area contributed by atoms with Crippen LogP contribution in [0.2, 0.25) is 0 Å². The minimum Gasteiger partial charge on any atom is -0.386 e. The zero-order valence-electron chi connectivity index (χ0n) is 34.1. The van der Waals surface area contributed by atoms with E-state index in [1.54, 1.807) is 0 Å². The molecule has 3 heterocycles. The Bertz CT molecular complexity index is 1890. The number of aliphatic hydroxyl groups is 2. The molecule has 2 aromatic rings. The van der Waals surface area contributed by atoms with Crippen LogP contribution in [0.5, 0.6) is 0 Å². The third-order valence-corrected chi connectivity index (χ3v) is 13.3. The number of hydrogen-bond donors (Lipinski definition) is 9. The van der Waals surface area contributed by atoms with Gasteiger partial charge in [0.1, 0.15) is 36.3 Å². The highest BCUT2D eigenvalue weighted by molar-refractivity contribution is 8.13. The summed E-state index contributed by atoms with van der Waals surface area (Å²) in [5, 5.41) is 26.6. The second-order valence-corrected chi connectivity index (χ2v) is 20.3. The van der Waals surface area contributed by atoms with Crippen molar-refractivity contribution in [2.24, 2.45) is 5.41 Å². The fourth-order valence-corrected chi connectivity index (χ4v) is 9.50. The highest BCUT2D eigenvalue weighted by Crippen LogP contribution is 2.61. The summed E-state index contributed by atoms with van der Waals surface area (Å²) in [4.78, 5) is 88.0. The molecule has 2 aromatic heterocycles. The molecule has 2 amide bonds. The quantitative estimate of drug-likeness (QED) is 0.0418. The van der Waals surface area contributed by atoms with Crippen LogP contribution in [0.25, 0.3) is 11.2 Å². The Morgan fingerprint density at radius 1 is 0.934 bits per heavy atom. The van der Waals surface area contributed by atoms with E-state index in [9.17, 15) is 57.9 Å². The van der Waals surface area contributed by atoms with Crippen LogP contribution in [-0.4, -0.2) is 123 Å². The van der Waals surface area contributed by atoms with Gasteiger partial charge in [0.05, 0.1) is 19.5 Å². The molecule has 24 nitrogen and oxygen atoms in total. The number of hydrogen-bond acceptors (Lipinski definition) is 18. The van der Waals surface area contributed by atoms with Crippen molar-refractivity contribution in [3.63, 3.8) is 0 Å². The van der Waals surface area contributed by atoms with E-state index in [0.29, 0.717) is 12.2 Å². The Hall–Kier alpha value is -2.44. The van der Waals surface area contributed by atoms with Gasteiger partial charge in [0, 0.05) is 37.1 Å². The number of amides is 2. The van der Waals surface area contributed by atoms with Crippen LogP contribution >= 0.6 is 35.2 Å². The van der Waals surface area contributed by atoms with Crippen molar-refractivity contribution in [2.75, 3.05) is 37.8 Å². The topological polar surface area (TPSA) is 364 Å². The van der Waals surface area contributed by atoms with Gasteiger partial charge >= 0.3 is 23.5 Å². The average Bonchev–Trinajstić information content (AvgIpc) is 3.73. The molecule has 1 aliphatic rings. The number of fused-ring (bicyclic) bond motifs is 1. The van der Waals surface area contributed by atoms with E-state index in [-0.39, 0.29) is 41.6 Å². The summed E-state index contributed by atoms with van der Waals surface area (Å²) in [6.45, 7) is 2.76. The van der Waals surface area contributed by atoms with Crippen molar-refractivity contribution in [3.05, 3.63) is 12.7 Å². The Kier molecular flexibility index (Phi) is 21.3. The molecule has 1 saturated heterocycles. The van der Waals surface area contributed by atoms with E-state index >= 15 is 0 Å². The number of unbranched alkanes of at least 4 members (excludes halogenated alkanes) is 8. The van der Waals surface area contributed by atoms with E-state index in [2.05, 4.69) is 41.3 Å². The summed E-state index contributed by atoms with van der Waals surface area (Å²) < 4.78 is 62.3. The number of aliphatic hydroxyl groups excluding tert-OH is 2. The maximum Gasteiger partial charge on any atom is 0.481 e. The van der Waals surface area contributed by atoms with E-state index in [4.69, 9.17) is 19.5 Å². The standard InChI is InChI=1S/C33H58N7O17P3S/c1-4-5-6-7-8-9-10-11-12-13-24(42)61-17-16-35-23(41)14-15-36-31(45)28(44)33(2,3)19-54-60(51,52)57-59(49,50)53-18-22-27(56-58(46,47)48)26(43)32(55-22)40-21-39-25-29(34)37-20-38-30(25)40/h20-22,26-28,32,43-44H,4-19H2,1-3H3,(H,35,41)(H,36,45)(H,49,50)(H,51,52)(H2,34,37,38)(H2,46,47,48)/t22-,26-,27-,28+,32-/m1/s1. The normalized spacial score (nSPS) is 20.9. The number of nitrogens with zero attached hydrogens (tertiary/aromatic N) is 4. The van der Waals surface area contributed by atoms with Gasteiger partial charge in [-0.2, -0.15) is 4.31 Å². The number of carbonyl (C=O) groups excluding carboxylic acids is 3. The largest absolute Gasteiger partial charge is 0.481 e. The Labute approximate surface area is 356 Å². The molecule has 7 atom stereocenters. The molecule has 10 N–H and O–H groups in total. The van der Waals surface area contributed by atoms with Crippen LogP contribution in [0.15, 0.2) is 12.7 Å². The maximum absolute atomic E-state index is 12.7. The molecule has 1 aliphatic heterocycles. The van der Waals surface area contributed by atoms with Gasteiger partial charge in [0.2, 0.25) is 11.8 Å². The SMILES string of the molecule is CCCCCCCCCCCC(=O)SCCNC(=O)CCNC(=O)[C@H](O)C(C)(C)COP(=O)(O)OP(=O)(O)OC[C@H]1O[C@@H](n2cnc3c(N)ncnc32)[C@H](O)[C@@H]1OP(=O)(O)O. The van der Waals surface area contributed by atoms with Crippen LogP contribution in [-0.2, 0) is 50.7 Å². The van der Waals surface area contributed by atoms with Crippen molar-refractivity contribution in [1.29, 1.82) is 0 Å². The van der Waals surface area contributed by atoms with Gasteiger partial charge in [0.25, 0.3) is 0 Å². The summed E-state index contributed by atoms with van der Waals surface area (Å²) in [5.74, 6) is -1.02. The first-order chi connectivity index (χ1) is 28.6.